The van der Waals surface area contributed by atoms with Crippen molar-refractivity contribution >= 4 is 17.0 Å². The van der Waals surface area contributed by atoms with E-state index >= 15 is 0 Å². The third-order valence-electron chi connectivity index (χ3n) is 4.63. The van der Waals surface area contributed by atoms with Crippen molar-refractivity contribution in [3.63, 3.8) is 0 Å². The number of nitrogens with one attached hydrogen (secondary N) is 1. The van der Waals surface area contributed by atoms with Crippen LogP contribution in [0.3, 0.4) is 0 Å². The molecule has 2 N–H and O–H groups in total. The minimum absolute atomic E-state index is 0.209. The summed E-state index contributed by atoms with van der Waals surface area (Å²) in [5.41, 5.74) is 4.00. The fourth-order valence-corrected chi connectivity index (χ4v) is 3.34. The molecular formula is C20H16N4O4. The first-order valence-electron chi connectivity index (χ1n) is 8.75. The van der Waals surface area contributed by atoms with E-state index in [9.17, 15) is 9.90 Å². The van der Waals surface area contributed by atoms with Crippen LogP contribution in [-0.2, 0) is 7.05 Å². The highest BCUT2D eigenvalue weighted by Gasteiger charge is 2.19. The van der Waals surface area contributed by atoms with Crippen LogP contribution in [-0.4, -0.2) is 44.0 Å². The summed E-state index contributed by atoms with van der Waals surface area (Å²) in [4.78, 5) is 19.0. The smallest absolute Gasteiger partial charge is 0.335 e. The predicted octanol–water partition coefficient (Wildman–Crippen LogP) is 3.10. The minimum Gasteiger partial charge on any atom is -0.486 e. The third-order valence-corrected chi connectivity index (χ3v) is 4.63. The number of imidazole rings is 1. The molecule has 2 aromatic carbocycles. The van der Waals surface area contributed by atoms with Crippen LogP contribution in [0.5, 0.6) is 11.5 Å². The monoisotopic (exact) mass is 376 g/mol. The summed E-state index contributed by atoms with van der Waals surface area (Å²) >= 11 is 0. The maximum absolute atomic E-state index is 11.2. The number of hydrogen-bond acceptors (Lipinski definition) is 5. The molecule has 0 amide bonds. The fraction of sp³-hybridized carbons (Fsp3) is 0.150. The molecule has 140 valence electrons. The van der Waals surface area contributed by atoms with Crippen LogP contribution in [0.2, 0.25) is 0 Å². The van der Waals surface area contributed by atoms with Crippen LogP contribution in [0.4, 0.5) is 0 Å². The van der Waals surface area contributed by atoms with Crippen molar-refractivity contribution in [1.82, 2.24) is 19.7 Å². The number of nitrogens with zero attached hydrogens (tertiary/aromatic N) is 3. The van der Waals surface area contributed by atoms with Crippen LogP contribution in [0.15, 0.2) is 42.6 Å². The molecule has 5 rings (SSSR count). The highest BCUT2D eigenvalue weighted by Crippen LogP contribution is 2.37. The molecule has 0 fully saturated rings. The van der Waals surface area contributed by atoms with E-state index in [0.29, 0.717) is 35.8 Å². The van der Waals surface area contributed by atoms with Gasteiger partial charge in [-0.15, -0.1) is 0 Å². The Morgan fingerprint density at radius 3 is 2.79 bits per heavy atom. The highest BCUT2D eigenvalue weighted by atomic mass is 16.6. The zero-order valence-electron chi connectivity index (χ0n) is 15.0. The molecule has 1 aliphatic heterocycles. The molecule has 0 aliphatic carbocycles. The van der Waals surface area contributed by atoms with Gasteiger partial charge in [0.2, 0.25) is 0 Å². The first-order chi connectivity index (χ1) is 13.6. The fourth-order valence-electron chi connectivity index (χ4n) is 3.34. The Labute approximate surface area is 159 Å². The second-order valence-corrected chi connectivity index (χ2v) is 6.55. The number of rotatable bonds is 3. The molecule has 0 saturated heterocycles. The van der Waals surface area contributed by atoms with Crippen LogP contribution in [0, 0.1) is 0 Å². The molecule has 28 heavy (non-hydrogen) atoms. The molecule has 0 atom stereocenters. The van der Waals surface area contributed by atoms with Crippen molar-refractivity contribution < 1.29 is 19.4 Å². The van der Waals surface area contributed by atoms with Crippen molar-refractivity contribution in [3.05, 3.63) is 48.2 Å². The lowest BCUT2D eigenvalue weighted by Crippen LogP contribution is -2.15. The van der Waals surface area contributed by atoms with Crippen molar-refractivity contribution in [2.45, 2.75) is 0 Å². The SMILES string of the molecule is Cn1cc(-c2nc3ccc(C(=O)O)cc3[nH]2)c(-c2ccc3c(c2)OCCO3)n1. The number of carboxylic acid groups (broad SMARTS) is 1. The summed E-state index contributed by atoms with van der Waals surface area (Å²) in [5.74, 6) is 1.06. The highest BCUT2D eigenvalue weighted by molar-refractivity contribution is 5.93. The zero-order chi connectivity index (χ0) is 19.3. The van der Waals surface area contributed by atoms with Crippen LogP contribution >= 0.6 is 0 Å². The minimum atomic E-state index is -0.976. The van der Waals surface area contributed by atoms with Gasteiger partial charge in [-0.3, -0.25) is 4.68 Å². The maximum Gasteiger partial charge on any atom is 0.335 e. The average Bonchev–Trinajstić information content (AvgIpc) is 3.30. The number of carboxylic acids is 1. The van der Waals surface area contributed by atoms with Crippen LogP contribution < -0.4 is 9.47 Å². The summed E-state index contributed by atoms with van der Waals surface area (Å²) in [5, 5.41) is 13.8. The number of benzene rings is 2. The molecule has 2 aromatic heterocycles. The van der Waals surface area contributed by atoms with E-state index in [4.69, 9.17) is 9.47 Å². The average molecular weight is 376 g/mol. The Hall–Kier alpha value is -3.81. The molecular weight excluding hydrogens is 360 g/mol. The number of ether oxygens (including phenoxy) is 2. The second-order valence-electron chi connectivity index (χ2n) is 6.55. The first kappa shape index (κ1) is 16.4. The van der Waals surface area contributed by atoms with E-state index in [2.05, 4.69) is 15.1 Å². The zero-order valence-corrected chi connectivity index (χ0v) is 15.0. The van der Waals surface area contributed by atoms with Crippen LogP contribution in [0.25, 0.3) is 33.7 Å². The Balaban J connectivity index is 1.62. The molecule has 0 bridgehead atoms. The molecule has 0 radical (unpaired) electrons. The molecule has 0 saturated carbocycles. The largest absolute Gasteiger partial charge is 0.486 e. The quantitative estimate of drug-likeness (QED) is 0.570. The second kappa shape index (κ2) is 6.12. The maximum atomic E-state index is 11.2. The van der Waals surface area contributed by atoms with Gasteiger partial charge in [0, 0.05) is 18.8 Å². The molecule has 3 heterocycles. The van der Waals surface area contributed by atoms with Crippen LogP contribution in [0.1, 0.15) is 10.4 Å². The van der Waals surface area contributed by atoms with Gasteiger partial charge in [-0.25, -0.2) is 9.78 Å². The number of aryl methyl sites for hydroxylation is 1. The van der Waals surface area contributed by atoms with E-state index < -0.39 is 5.97 Å². The number of carbonyl (C=O) groups is 1. The van der Waals surface area contributed by atoms with Gasteiger partial charge in [0.05, 0.1) is 22.2 Å². The normalized spacial score (nSPS) is 13.0. The topological polar surface area (TPSA) is 102 Å². The van der Waals surface area contributed by atoms with Gasteiger partial charge < -0.3 is 19.6 Å². The molecule has 0 spiro atoms. The van der Waals surface area contributed by atoms with Crippen molar-refractivity contribution in [2.75, 3.05) is 13.2 Å². The number of hydrogen-bond donors (Lipinski definition) is 2. The summed E-state index contributed by atoms with van der Waals surface area (Å²) in [6.45, 7) is 1.06. The van der Waals surface area contributed by atoms with Gasteiger partial charge in [0.25, 0.3) is 0 Å². The molecule has 8 heteroatoms. The van der Waals surface area contributed by atoms with Crippen molar-refractivity contribution in [2.24, 2.45) is 7.05 Å². The van der Waals surface area contributed by atoms with Gasteiger partial charge >= 0.3 is 5.97 Å². The Morgan fingerprint density at radius 2 is 1.96 bits per heavy atom. The summed E-state index contributed by atoms with van der Waals surface area (Å²) in [6.07, 6.45) is 1.88. The van der Waals surface area contributed by atoms with Gasteiger partial charge in [0.15, 0.2) is 11.5 Å². The lowest BCUT2D eigenvalue weighted by atomic mass is 10.1. The van der Waals surface area contributed by atoms with Gasteiger partial charge in [-0.1, -0.05) is 0 Å². The third kappa shape index (κ3) is 2.66. The first-order valence-corrected chi connectivity index (χ1v) is 8.75. The van der Waals surface area contributed by atoms with Gasteiger partial charge in [-0.2, -0.15) is 5.10 Å². The number of H-pyrrole nitrogens is 1. The van der Waals surface area contributed by atoms with Crippen molar-refractivity contribution in [3.8, 4) is 34.1 Å². The predicted molar refractivity (Wildman–Crippen MR) is 102 cm³/mol. The number of aromatic carboxylic acids is 1. The van der Waals surface area contributed by atoms with Gasteiger partial charge in [-0.05, 0) is 36.4 Å². The molecule has 1 aliphatic rings. The van der Waals surface area contributed by atoms with Crippen molar-refractivity contribution in [1.29, 1.82) is 0 Å². The van der Waals surface area contributed by atoms with E-state index in [1.807, 2.05) is 31.4 Å². The van der Waals surface area contributed by atoms with E-state index in [0.717, 1.165) is 22.6 Å². The van der Waals surface area contributed by atoms with Gasteiger partial charge in [0.1, 0.15) is 24.7 Å². The molecule has 4 aromatic rings. The Bertz CT molecular complexity index is 1220. The molecule has 0 unspecified atom stereocenters. The molecule has 8 nitrogen and oxygen atoms in total. The summed E-state index contributed by atoms with van der Waals surface area (Å²) in [6, 6.07) is 10.5. The van der Waals surface area contributed by atoms with E-state index in [1.165, 1.54) is 0 Å². The Morgan fingerprint density at radius 1 is 1.14 bits per heavy atom. The summed E-state index contributed by atoms with van der Waals surface area (Å²) in [7, 11) is 1.84. The lowest BCUT2D eigenvalue weighted by Gasteiger charge is -2.18. The number of fused-ring (bicyclic) bond motifs is 2. The standard InChI is InChI=1S/C20H16N4O4/c1-24-10-13(19-21-14-4-2-12(20(25)26)8-15(14)22-19)18(23-24)11-3-5-16-17(9-11)28-7-6-27-16/h2-5,8-10H,6-7H2,1H3,(H,21,22)(H,25,26). The lowest BCUT2D eigenvalue weighted by molar-refractivity contribution is 0.0697. The number of aromatic nitrogens is 4. The summed E-state index contributed by atoms with van der Waals surface area (Å²) < 4.78 is 13.0. The van der Waals surface area contributed by atoms with E-state index in [-0.39, 0.29) is 5.56 Å². The number of aromatic amines is 1. The Kier molecular flexibility index (Phi) is 3.58. The van der Waals surface area contributed by atoms with E-state index in [1.54, 1.807) is 22.9 Å².